The van der Waals surface area contributed by atoms with E-state index < -0.39 is 0 Å². The van der Waals surface area contributed by atoms with E-state index in [0.29, 0.717) is 27.6 Å². The third-order valence-corrected chi connectivity index (χ3v) is 4.87. The lowest BCUT2D eigenvalue weighted by molar-refractivity contribution is 0.416. The van der Waals surface area contributed by atoms with E-state index >= 15 is 0 Å². The number of nitrogens with two attached hydrogens (primary N) is 1. The number of nitrogen functional groups attached to an aromatic ring is 1. The average molecular weight is 381 g/mol. The molecule has 0 saturated carbocycles. The zero-order valence-corrected chi connectivity index (χ0v) is 15.1. The van der Waals surface area contributed by atoms with Gasteiger partial charge in [-0.2, -0.15) is 4.68 Å². The molecule has 0 amide bonds. The third kappa shape index (κ3) is 3.10. The highest BCUT2D eigenvalue weighted by Crippen LogP contribution is 2.29. The van der Waals surface area contributed by atoms with Gasteiger partial charge in [0, 0.05) is 0 Å². The predicted molar refractivity (Wildman–Crippen MR) is 102 cm³/mol. The van der Waals surface area contributed by atoms with Gasteiger partial charge in [-0.15, -0.1) is 15.3 Å². The van der Waals surface area contributed by atoms with Crippen LogP contribution in [0.15, 0.2) is 58.5 Å². The number of thioether (sulfide) groups is 1. The van der Waals surface area contributed by atoms with Crippen molar-refractivity contribution in [3.8, 4) is 17.1 Å². The first-order valence-electron chi connectivity index (χ1n) is 7.98. The van der Waals surface area contributed by atoms with E-state index in [9.17, 15) is 4.79 Å². The number of para-hydroxylation sites is 1. The van der Waals surface area contributed by atoms with Crippen molar-refractivity contribution >= 4 is 22.7 Å². The molecule has 136 valence electrons. The highest BCUT2D eigenvalue weighted by atomic mass is 32.2. The van der Waals surface area contributed by atoms with Gasteiger partial charge in [0.2, 0.25) is 5.16 Å². The van der Waals surface area contributed by atoms with E-state index in [2.05, 4.69) is 20.5 Å². The first kappa shape index (κ1) is 17.0. The van der Waals surface area contributed by atoms with Gasteiger partial charge in [-0.1, -0.05) is 41.2 Å². The van der Waals surface area contributed by atoms with Gasteiger partial charge in [0.25, 0.3) is 5.56 Å². The van der Waals surface area contributed by atoms with Gasteiger partial charge in [0.1, 0.15) is 11.3 Å². The molecule has 0 atom stereocenters. The summed E-state index contributed by atoms with van der Waals surface area (Å²) in [5.41, 5.74) is 1.06. The van der Waals surface area contributed by atoms with Crippen LogP contribution < -0.4 is 16.1 Å². The lowest BCUT2D eigenvalue weighted by Crippen LogP contribution is -2.23. The van der Waals surface area contributed by atoms with Gasteiger partial charge in [-0.25, -0.2) is 4.68 Å². The molecule has 0 aliphatic rings. The molecule has 0 saturated heterocycles. The first-order valence-corrected chi connectivity index (χ1v) is 8.97. The Labute approximate surface area is 157 Å². The summed E-state index contributed by atoms with van der Waals surface area (Å²) in [6.45, 7) is 0. The molecule has 0 fully saturated rings. The van der Waals surface area contributed by atoms with Crippen molar-refractivity contribution < 1.29 is 4.74 Å². The monoisotopic (exact) mass is 381 g/mol. The Balaban J connectivity index is 1.61. The molecule has 2 heterocycles. The normalized spacial score (nSPS) is 11.0. The van der Waals surface area contributed by atoms with Crippen LogP contribution in [0.4, 0.5) is 0 Å². The van der Waals surface area contributed by atoms with Crippen molar-refractivity contribution in [1.82, 2.24) is 29.9 Å². The molecule has 0 aliphatic carbocycles. The minimum atomic E-state index is -0.221. The van der Waals surface area contributed by atoms with Crippen LogP contribution >= 0.6 is 11.8 Å². The molecule has 2 N–H and O–H groups in total. The number of hydrogen-bond acceptors (Lipinski definition) is 8. The highest BCUT2D eigenvalue weighted by Gasteiger charge is 2.16. The lowest BCUT2D eigenvalue weighted by atomic mass is 10.2. The molecule has 0 unspecified atom stereocenters. The number of fused-ring (bicyclic) bond motifs is 1. The van der Waals surface area contributed by atoms with Crippen LogP contribution in [-0.2, 0) is 5.88 Å². The number of rotatable bonds is 5. The summed E-state index contributed by atoms with van der Waals surface area (Å²) in [6.07, 6.45) is 0. The summed E-state index contributed by atoms with van der Waals surface area (Å²) in [5.74, 6) is 7.46. The van der Waals surface area contributed by atoms with Crippen LogP contribution in [0.25, 0.3) is 22.3 Å². The van der Waals surface area contributed by atoms with Gasteiger partial charge in [0.05, 0.1) is 23.9 Å². The Morgan fingerprint density at radius 1 is 1.07 bits per heavy atom. The van der Waals surface area contributed by atoms with Gasteiger partial charge in [-0.3, -0.25) is 4.79 Å². The van der Waals surface area contributed by atoms with Crippen LogP contribution in [0.5, 0.6) is 5.75 Å². The zero-order valence-electron chi connectivity index (χ0n) is 14.3. The number of methoxy groups -OCH3 is 1. The Bertz CT molecular complexity index is 1170. The summed E-state index contributed by atoms with van der Waals surface area (Å²) in [4.78, 5) is 12.5. The van der Waals surface area contributed by atoms with Crippen molar-refractivity contribution in [3.63, 3.8) is 0 Å². The Morgan fingerprint density at radius 3 is 2.70 bits per heavy atom. The van der Waals surface area contributed by atoms with Crippen LogP contribution in [0.1, 0.15) is 0 Å². The van der Waals surface area contributed by atoms with Crippen molar-refractivity contribution in [1.29, 1.82) is 0 Å². The molecule has 10 heteroatoms. The smallest absolute Gasteiger partial charge is 0.278 e. The average Bonchev–Trinajstić information content (AvgIpc) is 3.08. The van der Waals surface area contributed by atoms with E-state index in [4.69, 9.17) is 10.6 Å². The maximum Gasteiger partial charge on any atom is 0.278 e. The second-order valence-electron chi connectivity index (χ2n) is 5.56. The Morgan fingerprint density at radius 2 is 1.85 bits per heavy atom. The maximum absolute atomic E-state index is 12.5. The van der Waals surface area contributed by atoms with E-state index in [0.717, 1.165) is 5.56 Å². The molecule has 0 bridgehead atoms. The first-order chi connectivity index (χ1) is 13.2. The zero-order chi connectivity index (χ0) is 18.8. The third-order valence-electron chi connectivity index (χ3n) is 3.96. The SMILES string of the molecule is COc1ccccc1-c1nnc(SCn2nnc3ccccc3c2=O)n1N. The van der Waals surface area contributed by atoms with Crippen molar-refractivity contribution in [2.75, 3.05) is 13.0 Å². The largest absolute Gasteiger partial charge is 0.496 e. The highest BCUT2D eigenvalue weighted by molar-refractivity contribution is 7.98. The second-order valence-corrected chi connectivity index (χ2v) is 6.47. The van der Waals surface area contributed by atoms with E-state index in [-0.39, 0.29) is 11.4 Å². The van der Waals surface area contributed by atoms with Gasteiger partial charge in [0.15, 0.2) is 5.82 Å². The minimum Gasteiger partial charge on any atom is -0.496 e. The standard InChI is InChI=1S/C17H15N7O2S/c1-26-14-9-5-3-7-12(14)15-20-21-17(24(15)18)27-10-23-16(25)11-6-2-4-8-13(11)19-22-23/h2-9H,10,18H2,1H3. The van der Waals surface area contributed by atoms with Crippen LogP contribution in [-0.4, -0.2) is 37.0 Å². The summed E-state index contributed by atoms with van der Waals surface area (Å²) < 4.78 is 7.97. The van der Waals surface area contributed by atoms with Gasteiger partial charge in [-0.05, 0) is 24.3 Å². The van der Waals surface area contributed by atoms with Crippen molar-refractivity contribution in [2.24, 2.45) is 0 Å². The molecule has 4 aromatic rings. The fourth-order valence-electron chi connectivity index (χ4n) is 2.62. The molecule has 27 heavy (non-hydrogen) atoms. The number of aromatic nitrogens is 6. The summed E-state index contributed by atoms with van der Waals surface area (Å²) in [7, 11) is 1.58. The maximum atomic E-state index is 12.5. The predicted octanol–water partition coefficient (Wildman–Crippen LogP) is 1.52. The molecule has 2 aromatic carbocycles. The number of benzene rings is 2. The fraction of sp³-hybridized carbons (Fsp3) is 0.118. The molecular formula is C17H15N7O2S. The van der Waals surface area contributed by atoms with Crippen molar-refractivity contribution in [3.05, 3.63) is 58.9 Å². The number of hydrogen-bond donors (Lipinski definition) is 1. The number of ether oxygens (including phenoxy) is 1. The topological polar surface area (TPSA) is 114 Å². The van der Waals surface area contributed by atoms with Crippen LogP contribution in [0.2, 0.25) is 0 Å². The van der Waals surface area contributed by atoms with Crippen LogP contribution in [0, 0.1) is 0 Å². The molecule has 2 aromatic heterocycles. The minimum absolute atomic E-state index is 0.206. The second kappa shape index (κ2) is 7.08. The summed E-state index contributed by atoms with van der Waals surface area (Å²) in [6, 6.07) is 14.5. The Hall–Kier alpha value is -3.40. The molecule has 4 rings (SSSR count). The van der Waals surface area contributed by atoms with E-state index in [1.165, 1.54) is 21.1 Å². The molecule has 0 aliphatic heterocycles. The molecule has 9 nitrogen and oxygen atoms in total. The fourth-order valence-corrected chi connectivity index (χ4v) is 3.35. The quantitative estimate of drug-likeness (QED) is 0.409. The van der Waals surface area contributed by atoms with Gasteiger partial charge < -0.3 is 10.6 Å². The van der Waals surface area contributed by atoms with Crippen LogP contribution in [0.3, 0.4) is 0 Å². The molecular weight excluding hydrogens is 366 g/mol. The van der Waals surface area contributed by atoms with Crippen molar-refractivity contribution in [2.45, 2.75) is 11.0 Å². The van der Waals surface area contributed by atoms with E-state index in [1.54, 1.807) is 25.3 Å². The number of nitrogens with zero attached hydrogens (tertiary/aromatic N) is 6. The molecule has 0 radical (unpaired) electrons. The van der Waals surface area contributed by atoms with Gasteiger partial charge >= 0.3 is 0 Å². The Kier molecular flexibility index (Phi) is 4.47. The van der Waals surface area contributed by atoms with E-state index in [1.807, 2.05) is 30.3 Å². The lowest BCUT2D eigenvalue weighted by Gasteiger charge is -2.08. The summed E-state index contributed by atoms with van der Waals surface area (Å²) in [5, 5.41) is 17.2. The molecule has 0 spiro atoms. The summed E-state index contributed by atoms with van der Waals surface area (Å²) >= 11 is 1.24.